The molecule has 1 aliphatic heterocycles. The third-order valence-corrected chi connectivity index (χ3v) is 7.74. The summed E-state index contributed by atoms with van der Waals surface area (Å²) >= 11 is 2.34. The summed E-state index contributed by atoms with van der Waals surface area (Å²) in [6.45, 7) is 8.27. The summed E-state index contributed by atoms with van der Waals surface area (Å²) in [4.78, 5) is 0. The maximum atomic E-state index is 6.17. The minimum absolute atomic E-state index is 0.335. The van der Waals surface area contributed by atoms with E-state index in [0.717, 1.165) is 27.9 Å². The minimum Gasteiger partial charge on any atom is -0.497 e. The van der Waals surface area contributed by atoms with Gasteiger partial charge < -0.3 is 27.9 Å². The van der Waals surface area contributed by atoms with Crippen molar-refractivity contribution in [1.82, 2.24) is 9.13 Å². The lowest BCUT2D eigenvalue weighted by atomic mass is 9.79. The number of hydrogen-bond donors (Lipinski definition) is 0. The third kappa shape index (κ3) is 4.43. The fraction of sp³-hybridized carbons (Fsp3) is 0.385. The predicted molar refractivity (Wildman–Crippen MR) is 147 cm³/mol. The van der Waals surface area contributed by atoms with Gasteiger partial charge in [0.15, 0.2) is 0 Å². The maximum absolute atomic E-state index is 6.17. The molecule has 0 radical (unpaired) electrons. The zero-order chi connectivity index (χ0) is 24.8. The number of benzene rings is 2. The van der Waals surface area contributed by atoms with E-state index >= 15 is 0 Å². The number of hydrogen-bond acceptors (Lipinski definition) is 4. The number of rotatable bonds is 3. The smallest absolute Gasteiger partial charge is 0.497 e. The average molecular weight is 574 g/mol. The Morgan fingerprint density at radius 1 is 0.765 bits per heavy atom. The van der Waals surface area contributed by atoms with E-state index in [0.29, 0.717) is 0 Å². The van der Waals surface area contributed by atoms with E-state index < -0.39 is 0 Å². The molecule has 0 amide bonds. The molecule has 4 aromatic rings. The van der Waals surface area contributed by atoms with E-state index in [9.17, 15) is 0 Å². The van der Waals surface area contributed by atoms with Crippen LogP contribution in [0.1, 0.15) is 27.7 Å². The molecule has 0 aliphatic carbocycles. The number of nitrogens with zero attached hydrogens (tertiary/aromatic N) is 2. The Labute approximate surface area is 215 Å². The van der Waals surface area contributed by atoms with Crippen LogP contribution in [0, 0.1) is 3.57 Å². The Bertz CT molecular complexity index is 1330. The summed E-state index contributed by atoms with van der Waals surface area (Å²) in [5, 5.41) is 2.36. The van der Waals surface area contributed by atoms with Crippen LogP contribution in [0.25, 0.3) is 21.8 Å². The number of aryl methyl sites for hydroxylation is 2. The molecule has 8 heteroatoms. The summed E-state index contributed by atoms with van der Waals surface area (Å²) in [5.74, 6) is 1.75. The largest absolute Gasteiger partial charge is 0.497 e. The topological polar surface area (TPSA) is 46.8 Å². The van der Waals surface area contributed by atoms with Crippen LogP contribution in [0.4, 0.5) is 0 Å². The lowest BCUT2D eigenvalue weighted by molar-refractivity contribution is 0.00578. The molecule has 5 rings (SSSR count). The highest BCUT2D eigenvalue weighted by Crippen LogP contribution is 2.37. The fourth-order valence-electron chi connectivity index (χ4n) is 4.14. The summed E-state index contributed by atoms with van der Waals surface area (Å²) in [5.41, 5.74) is 2.76. The second kappa shape index (κ2) is 9.13. The quantitative estimate of drug-likeness (QED) is 0.247. The van der Waals surface area contributed by atoms with Crippen LogP contribution >= 0.6 is 22.6 Å². The second-order valence-electron chi connectivity index (χ2n) is 9.64. The van der Waals surface area contributed by atoms with E-state index in [1.165, 1.54) is 14.5 Å². The normalized spacial score (nSPS) is 16.6. The number of fused-ring (bicyclic) bond motifs is 2. The molecule has 0 N–H and O–H groups in total. The molecule has 0 saturated carbocycles. The van der Waals surface area contributed by atoms with Crippen molar-refractivity contribution >= 4 is 57.0 Å². The van der Waals surface area contributed by atoms with E-state index in [4.69, 9.17) is 18.8 Å². The summed E-state index contributed by atoms with van der Waals surface area (Å²) in [7, 11) is 7.10. The number of methoxy groups -OCH3 is 2. The van der Waals surface area contributed by atoms with Gasteiger partial charge in [0.2, 0.25) is 0 Å². The van der Waals surface area contributed by atoms with Crippen LogP contribution in [0.15, 0.2) is 48.8 Å². The predicted octanol–water partition coefficient (Wildman–Crippen LogP) is 5.28. The van der Waals surface area contributed by atoms with Gasteiger partial charge in [0.1, 0.15) is 11.5 Å². The standard InChI is InChI=1S/C16H22BNO3.C10H10INO/c1-15(2)16(3,4)21-17(20-15)13-10-18(5)14-8-7-11(19-6)9-12(13)14;1-12-6-9(11)8-5-7(13-2)3-4-10(8)12/h7-10H,1-6H3;3-6H,1-2H3. The van der Waals surface area contributed by atoms with Crippen LogP contribution in [0.3, 0.4) is 0 Å². The van der Waals surface area contributed by atoms with Gasteiger partial charge in [-0.25, -0.2) is 0 Å². The SMILES string of the molecule is COc1ccc2c(c1)c(B1OC(C)(C)C(C)(C)O1)cn2C.COc1ccc2c(c1)c(I)cn2C. The van der Waals surface area contributed by atoms with Gasteiger partial charge in [0.25, 0.3) is 0 Å². The molecule has 6 nitrogen and oxygen atoms in total. The molecule has 3 heterocycles. The first-order chi connectivity index (χ1) is 16.0. The highest BCUT2D eigenvalue weighted by molar-refractivity contribution is 14.1. The van der Waals surface area contributed by atoms with Gasteiger partial charge in [-0.15, -0.1) is 0 Å². The van der Waals surface area contributed by atoms with Crippen LogP contribution < -0.4 is 14.9 Å². The Hall–Kier alpha value is -2.17. The number of halogens is 1. The van der Waals surface area contributed by atoms with Crippen molar-refractivity contribution in [2.45, 2.75) is 38.9 Å². The Morgan fingerprint density at radius 3 is 1.76 bits per heavy atom. The van der Waals surface area contributed by atoms with Crippen LogP contribution in [0.5, 0.6) is 11.5 Å². The first kappa shape index (κ1) is 24.9. The lowest BCUT2D eigenvalue weighted by Crippen LogP contribution is -2.41. The molecular weight excluding hydrogens is 542 g/mol. The highest BCUT2D eigenvalue weighted by Gasteiger charge is 2.52. The Kier molecular flexibility index (Phi) is 6.70. The number of ether oxygens (including phenoxy) is 2. The monoisotopic (exact) mass is 574 g/mol. The van der Waals surface area contributed by atoms with Crippen LogP contribution in [0.2, 0.25) is 0 Å². The van der Waals surface area contributed by atoms with Gasteiger partial charge in [0.05, 0.1) is 25.4 Å². The van der Waals surface area contributed by atoms with Crippen LogP contribution in [-0.4, -0.2) is 41.7 Å². The van der Waals surface area contributed by atoms with E-state index in [-0.39, 0.29) is 18.3 Å². The molecule has 0 spiro atoms. The Balaban J connectivity index is 0.000000180. The van der Waals surface area contributed by atoms with Gasteiger partial charge >= 0.3 is 7.12 Å². The van der Waals surface area contributed by atoms with Crippen molar-refractivity contribution in [3.63, 3.8) is 0 Å². The van der Waals surface area contributed by atoms with Crippen molar-refractivity contribution in [1.29, 1.82) is 0 Å². The molecule has 180 valence electrons. The van der Waals surface area contributed by atoms with Crippen molar-refractivity contribution < 1.29 is 18.8 Å². The van der Waals surface area contributed by atoms with Gasteiger partial charge in [-0.3, -0.25) is 0 Å². The molecule has 2 aromatic heterocycles. The van der Waals surface area contributed by atoms with E-state index in [1.54, 1.807) is 14.2 Å². The van der Waals surface area contributed by atoms with Gasteiger partial charge in [-0.05, 0) is 86.7 Å². The molecule has 1 fully saturated rings. The Morgan fingerprint density at radius 2 is 1.24 bits per heavy atom. The summed E-state index contributed by atoms with van der Waals surface area (Å²) in [6, 6.07) is 12.2. The zero-order valence-corrected chi connectivity index (χ0v) is 23.3. The fourth-order valence-corrected chi connectivity index (χ4v) is 4.99. The average Bonchev–Trinajstić information content (AvgIpc) is 3.35. The molecule has 34 heavy (non-hydrogen) atoms. The zero-order valence-electron chi connectivity index (χ0n) is 21.1. The van der Waals surface area contributed by atoms with Crippen molar-refractivity contribution in [3.8, 4) is 11.5 Å². The second-order valence-corrected chi connectivity index (χ2v) is 10.8. The van der Waals surface area contributed by atoms with Gasteiger partial charge in [0, 0.05) is 57.3 Å². The third-order valence-electron chi connectivity index (χ3n) is 6.88. The van der Waals surface area contributed by atoms with Crippen molar-refractivity contribution in [3.05, 3.63) is 52.4 Å². The molecule has 0 unspecified atom stereocenters. The van der Waals surface area contributed by atoms with E-state index in [2.05, 4.69) is 97.1 Å². The molecule has 2 aromatic carbocycles. The van der Waals surface area contributed by atoms with Crippen molar-refractivity contribution in [2.24, 2.45) is 14.1 Å². The first-order valence-electron chi connectivity index (χ1n) is 11.2. The molecule has 0 atom stereocenters. The maximum Gasteiger partial charge on any atom is 0.497 e. The van der Waals surface area contributed by atoms with Crippen LogP contribution in [-0.2, 0) is 23.4 Å². The lowest BCUT2D eigenvalue weighted by Gasteiger charge is -2.32. The molecular formula is C26H32BIN2O4. The minimum atomic E-state index is -0.356. The molecule has 0 bridgehead atoms. The summed E-state index contributed by atoms with van der Waals surface area (Å²) in [6.07, 6.45) is 4.19. The first-order valence-corrected chi connectivity index (χ1v) is 12.3. The van der Waals surface area contributed by atoms with Crippen molar-refractivity contribution in [2.75, 3.05) is 14.2 Å². The number of aromatic nitrogens is 2. The highest BCUT2D eigenvalue weighted by atomic mass is 127. The van der Waals surface area contributed by atoms with Gasteiger partial charge in [-0.1, -0.05) is 0 Å². The van der Waals surface area contributed by atoms with Gasteiger partial charge in [-0.2, -0.15) is 0 Å². The summed E-state index contributed by atoms with van der Waals surface area (Å²) < 4.78 is 28.3. The molecule has 1 saturated heterocycles. The molecule has 1 aliphatic rings. The van der Waals surface area contributed by atoms with E-state index in [1.807, 2.05) is 25.2 Å².